The molecule has 1 fully saturated rings. The third-order valence-electron chi connectivity index (χ3n) is 3.54. The fourth-order valence-corrected chi connectivity index (χ4v) is 2.30. The van der Waals surface area contributed by atoms with E-state index in [4.69, 9.17) is 14.2 Å². The minimum atomic E-state index is -0.302. The van der Waals surface area contributed by atoms with Crippen LogP contribution in [0.15, 0.2) is 18.2 Å². The van der Waals surface area contributed by atoms with E-state index in [0.717, 1.165) is 0 Å². The zero-order valence-corrected chi connectivity index (χ0v) is 12.4. The first-order chi connectivity index (χ1) is 10.2. The number of benzene rings is 1. The molecule has 1 saturated heterocycles. The molecule has 1 heterocycles. The number of carbonyl (C=O) groups is 1. The van der Waals surface area contributed by atoms with Crippen LogP contribution in [0.1, 0.15) is 12.8 Å². The number of carbonyl (C=O) groups excluding carboxylic acids is 1. The molecular weight excluding hydrogens is 274 g/mol. The minimum Gasteiger partial charge on any atom is -0.493 e. The summed E-state index contributed by atoms with van der Waals surface area (Å²) in [6.07, 6.45) is 0.928. The van der Waals surface area contributed by atoms with E-state index >= 15 is 0 Å². The molecule has 0 aliphatic carbocycles. The van der Waals surface area contributed by atoms with Crippen molar-refractivity contribution in [2.45, 2.75) is 18.9 Å². The van der Waals surface area contributed by atoms with E-state index in [1.807, 2.05) is 0 Å². The fourth-order valence-electron chi connectivity index (χ4n) is 2.30. The Morgan fingerprint density at radius 3 is 2.33 bits per heavy atom. The number of methoxy groups -OCH3 is 2. The highest BCUT2D eigenvalue weighted by molar-refractivity contribution is 5.78. The number of rotatable bonds is 5. The van der Waals surface area contributed by atoms with Gasteiger partial charge in [-0.25, -0.2) is 0 Å². The first kappa shape index (κ1) is 15.4. The van der Waals surface area contributed by atoms with Gasteiger partial charge in [0.2, 0.25) is 5.75 Å². The second kappa shape index (κ2) is 7.17. The Morgan fingerprint density at radius 2 is 1.81 bits per heavy atom. The summed E-state index contributed by atoms with van der Waals surface area (Å²) in [5.74, 6) is 1.37. The van der Waals surface area contributed by atoms with Crippen molar-refractivity contribution < 1.29 is 24.1 Å². The third-order valence-corrected chi connectivity index (χ3v) is 3.54. The summed E-state index contributed by atoms with van der Waals surface area (Å²) in [5, 5.41) is 9.45. The van der Waals surface area contributed by atoms with Crippen LogP contribution in [0.4, 0.5) is 0 Å². The van der Waals surface area contributed by atoms with Crippen LogP contribution in [0.3, 0.4) is 0 Å². The first-order valence-electron chi connectivity index (χ1n) is 6.95. The van der Waals surface area contributed by atoms with Gasteiger partial charge >= 0.3 is 0 Å². The average molecular weight is 295 g/mol. The van der Waals surface area contributed by atoms with Gasteiger partial charge in [-0.2, -0.15) is 0 Å². The van der Waals surface area contributed by atoms with Gasteiger partial charge in [0.1, 0.15) is 0 Å². The summed E-state index contributed by atoms with van der Waals surface area (Å²) >= 11 is 0. The highest BCUT2D eigenvalue weighted by atomic mass is 16.5. The molecule has 2 rings (SSSR count). The lowest BCUT2D eigenvalue weighted by Gasteiger charge is -2.29. The van der Waals surface area contributed by atoms with E-state index in [9.17, 15) is 9.90 Å². The Morgan fingerprint density at radius 1 is 1.24 bits per heavy atom. The molecule has 1 aliphatic rings. The van der Waals surface area contributed by atoms with Crippen LogP contribution < -0.4 is 14.2 Å². The molecule has 1 aliphatic heterocycles. The number of hydrogen-bond acceptors (Lipinski definition) is 5. The molecule has 116 valence electrons. The molecule has 6 nitrogen and oxygen atoms in total. The first-order valence-corrected chi connectivity index (χ1v) is 6.95. The number of likely N-dealkylation sites (tertiary alicyclic amines) is 1. The molecule has 0 bridgehead atoms. The molecule has 1 N–H and O–H groups in total. The summed E-state index contributed by atoms with van der Waals surface area (Å²) in [5.41, 5.74) is 0. The summed E-state index contributed by atoms with van der Waals surface area (Å²) in [6, 6.07) is 5.29. The average Bonchev–Trinajstić information content (AvgIpc) is 2.52. The smallest absolute Gasteiger partial charge is 0.260 e. The molecule has 0 aromatic heterocycles. The van der Waals surface area contributed by atoms with Gasteiger partial charge in [-0.3, -0.25) is 4.79 Å². The summed E-state index contributed by atoms with van der Waals surface area (Å²) < 4.78 is 16.0. The number of nitrogens with zero attached hydrogens (tertiary/aromatic N) is 1. The van der Waals surface area contributed by atoms with Crippen molar-refractivity contribution in [3.63, 3.8) is 0 Å². The monoisotopic (exact) mass is 295 g/mol. The van der Waals surface area contributed by atoms with Gasteiger partial charge in [-0.1, -0.05) is 6.07 Å². The van der Waals surface area contributed by atoms with Crippen LogP contribution in [-0.4, -0.2) is 55.9 Å². The van der Waals surface area contributed by atoms with Crippen LogP contribution in [0.5, 0.6) is 17.2 Å². The lowest BCUT2D eigenvalue weighted by Crippen LogP contribution is -2.42. The highest BCUT2D eigenvalue weighted by Gasteiger charge is 2.22. The summed E-state index contributed by atoms with van der Waals surface area (Å²) in [6.45, 7) is 1.05. The predicted octanol–water partition coefficient (Wildman–Crippen LogP) is 1.07. The third kappa shape index (κ3) is 3.78. The van der Waals surface area contributed by atoms with Crippen molar-refractivity contribution in [2.75, 3.05) is 33.9 Å². The van der Waals surface area contributed by atoms with Gasteiger partial charge in [-0.15, -0.1) is 0 Å². The quantitative estimate of drug-likeness (QED) is 0.880. The zero-order chi connectivity index (χ0) is 15.2. The van der Waals surface area contributed by atoms with E-state index in [0.29, 0.717) is 43.2 Å². The van der Waals surface area contributed by atoms with Gasteiger partial charge < -0.3 is 24.2 Å². The van der Waals surface area contributed by atoms with Crippen molar-refractivity contribution in [1.29, 1.82) is 0 Å². The van der Waals surface area contributed by atoms with Crippen molar-refractivity contribution in [3.8, 4) is 17.2 Å². The zero-order valence-electron chi connectivity index (χ0n) is 12.4. The van der Waals surface area contributed by atoms with Crippen LogP contribution in [-0.2, 0) is 4.79 Å². The largest absolute Gasteiger partial charge is 0.493 e. The van der Waals surface area contributed by atoms with Gasteiger partial charge in [0.15, 0.2) is 18.1 Å². The molecule has 0 saturated carbocycles. The standard InChI is InChI=1S/C15H21NO5/c1-19-12-4-3-5-13(20-2)15(12)21-10-14(18)16-8-6-11(17)7-9-16/h3-5,11,17H,6-10H2,1-2H3. The molecule has 6 heteroatoms. The van der Waals surface area contributed by atoms with Crippen molar-refractivity contribution in [3.05, 3.63) is 18.2 Å². The maximum atomic E-state index is 12.1. The molecule has 0 spiro atoms. The van der Waals surface area contributed by atoms with Crippen LogP contribution in [0.2, 0.25) is 0 Å². The number of para-hydroxylation sites is 1. The Hall–Kier alpha value is -1.95. The fraction of sp³-hybridized carbons (Fsp3) is 0.533. The maximum absolute atomic E-state index is 12.1. The predicted molar refractivity (Wildman–Crippen MR) is 76.9 cm³/mol. The van der Waals surface area contributed by atoms with Crippen molar-refractivity contribution in [1.82, 2.24) is 4.90 Å². The van der Waals surface area contributed by atoms with E-state index < -0.39 is 0 Å². The van der Waals surface area contributed by atoms with Crippen molar-refractivity contribution >= 4 is 5.91 Å². The Labute approximate surface area is 124 Å². The minimum absolute atomic E-state index is 0.0766. The number of amides is 1. The van der Waals surface area contributed by atoms with Gasteiger partial charge in [0.25, 0.3) is 5.91 Å². The van der Waals surface area contributed by atoms with E-state index in [1.165, 1.54) is 14.2 Å². The molecule has 21 heavy (non-hydrogen) atoms. The van der Waals surface area contributed by atoms with Crippen molar-refractivity contribution in [2.24, 2.45) is 0 Å². The molecule has 0 radical (unpaired) electrons. The van der Waals surface area contributed by atoms with Gasteiger partial charge in [-0.05, 0) is 25.0 Å². The topological polar surface area (TPSA) is 68.2 Å². The van der Waals surface area contributed by atoms with Crippen LogP contribution in [0.25, 0.3) is 0 Å². The van der Waals surface area contributed by atoms with E-state index in [-0.39, 0.29) is 18.6 Å². The molecule has 0 atom stereocenters. The molecule has 0 unspecified atom stereocenters. The van der Waals surface area contributed by atoms with Gasteiger partial charge in [0, 0.05) is 13.1 Å². The summed E-state index contributed by atoms with van der Waals surface area (Å²) in [4.78, 5) is 13.8. The molecule has 1 aromatic rings. The lowest BCUT2D eigenvalue weighted by molar-refractivity contribution is -0.135. The Balaban J connectivity index is 1.98. The SMILES string of the molecule is COc1cccc(OC)c1OCC(=O)N1CCC(O)CC1. The number of ether oxygens (including phenoxy) is 3. The Kier molecular flexibility index (Phi) is 5.27. The molecule has 1 amide bonds. The van der Waals surface area contributed by atoms with Crippen LogP contribution in [0, 0.1) is 0 Å². The van der Waals surface area contributed by atoms with E-state index in [1.54, 1.807) is 23.1 Å². The lowest BCUT2D eigenvalue weighted by atomic mass is 10.1. The molecular formula is C15H21NO5. The summed E-state index contributed by atoms with van der Waals surface area (Å²) in [7, 11) is 3.07. The second-order valence-electron chi connectivity index (χ2n) is 4.89. The molecule has 1 aromatic carbocycles. The number of aliphatic hydroxyl groups is 1. The van der Waals surface area contributed by atoms with Crippen LogP contribution >= 0.6 is 0 Å². The second-order valence-corrected chi connectivity index (χ2v) is 4.89. The number of hydrogen-bond donors (Lipinski definition) is 1. The maximum Gasteiger partial charge on any atom is 0.260 e. The van der Waals surface area contributed by atoms with E-state index in [2.05, 4.69) is 0 Å². The highest BCUT2D eigenvalue weighted by Crippen LogP contribution is 2.36. The van der Waals surface area contributed by atoms with Gasteiger partial charge in [0.05, 0.1) is 20.3 Å². The number of aliphatic hydroxyl groups excluding tert-OH is 1. The normalized spacial score (nSPS) is 15.7. The number of piperidine rings is 1. The Bertz CT molecular complexity index is 461.